The van der Waals surface area contributed by atoms with Gasteiger partial charge in [0.15, 0.2) is 0 Å². The van der Waals surface area contributed by atoms with Crippen LogP contribution in [0, 0.1) is 5.92 Å². The Labute approximate surface area is 136 Å². The highest BCUT2D eigenvalue weighted by molar-refractivity contribution is 6.44. The molecule has 1 saturated heterocycles. The Bertz CT molecular complexity index is 463. The molecule has 0 saturated carbocycles. The smallest absolute Gasteiger partial charge is 0.0655 e. The highest BCUT2D eigenvalue weighted by Crippen LogP contribution is 2.35. The average Bonchev–Trinajstić information content (AvgIpc) is 2.58. The van der Waals surface area contributed by atoms with E-state index in [1.807, 2.05) is 6.07 Å². The Morgan fingerprint density at radius 3 is 2.60 bits per heavy atom. The number of nitrogens with one attached hydrogen (secondary N) is 1. The molecule has 2 nitrogen and oxygen atoms in total. The monoisotopic (exact) mass is 334 g/mol. The number of hydrogen-bond acceptors (Lipinski definition) is 2. The van der Waals surface area contributed by atoms with E-state index in [-0.39, 0.29) is 0 Å². The van der Waals surface area contributed by atoms with Crippen LogP contribution in [0.2, 0.25) is 15.1 Å². The maximum absolute atomic E-state index is 6.34. The molecule has 2 rings (SSSR count). The summed E-state index contributed by atoms with van der Waals surface area (Å²) in [5.41, 5.74) is 0.985. The van der Waals surface area contributed by atoms with Gasteiger partial charge in [-0.05, 0) is 37.4 Å². The van der Waals surface area contributed by atoms with Crippen molar-refractivity contribution >= 4 is 40.5 Å². The molecule has 1 fully saturated rings. The number of anilines is 1. The van der Waals surface area contributed by atoms with Crippen molar-refractivity contribution in [1.29, 1.82) is 0 Å². The Morgan fingerprint density at radius 1 is 1.20 bits per heavy atom. The van der Waals surface area contributed by atoms with Gasteiger partial charge in [0.05, 0.1) is 20.8 Å². The molecule has 0 aromatic heterocycles. The highest BCUT2D eigenvalue weighted by Gasteiger charge is 2.21. The molecule has 1 atom stereocenters. The summed E-state index contributed by atoms with van der Waals surface area (Å²) >= 11 is 18.5. The van der Waals surface area contributed by atoms with E-state index < -0.39 is 0 Å². The maximum Gasteiger partial charge on any atom is 0.0655 e. The zero-order chi connectivity index (χ0) is 14.7. The maximum atomic E-state index is 6.34. The Morgan fingerprint density at radius 2 is 1.90 bits per heavy atom. The molecule has 1 heterocycles. The second-order valence-electron chi connectivity index (χ2n) is 5.80. The average molecular weight is 336 g/mol. The lowest BCUT2D eigenvalue weighted by molar-refractivity contribution is 0.436. The summed E-state index contributed by atoms with van der Waals surface area (Å²) in [4.78, 5) is 2.32. The first-order valence-corrected chi connectivity index (χ1v) is 8.23. The van der Waals surface area contributed by atoms with Gasteiger partial charge in [-0.15, -0.1) is 0 Å². The number of benzene rings is 1. The largest absolute Gasteiger partial charge is 0.369 e. The lowest BCUT2D eigenvalue weighted by Crippen LogP contribution is -2.38. The van der Waals surface area contributed by atoms with Crippen LogP contribution in [0.3, 0.4) is 0 Å². The van der Waals surface area contributed by atoms with Gasteiger partial charge in [-0.25, -0.2) is 0 Å². The van der Waals surface area contributed by atoms with Crippen molar-refractivity contribution in [1.82, 2.24) is 5.32 Å². The normalized spacial score (nSPS) is 20.3. The fraction of sp³-hybridized carbons (Fsp3) is 0.600. The Hall–Kier alpha value is -0.150. The Kier molecular flexibility index (Phi) is 5.85. The van der Waals surface area contributed by atoms with Crippen LogP contribution in [-0.4, -0.2) is 25.7 Å². The van der Waals surface area contributed by atoms with Crippen LogP contribution in [0.5, 0.6) is 0 Å². The van der Waals surface area contributed by atoms with Gasteiger partial charge in [0.25, 0.3) is 0 Å². The standard InChI is InChI=1S/C15H21Cl3N2/c1-10(2)6-11-9-20(5-3-4-19-11)15-8-13(17)12(16)7-14(15)18/h7-8,10-11,19H,3-6,9H2,1-2H3. The van der Waals surface area contributed by atoms with Crippen LogP contribution in [0.25, 0.3) is 0 Å². The molecule has 5 heteroatoms. The van der Waals surface area contributed by atoms with Gasteiger partial charge in [0.2, 0.25) is 0 Å². The van der Waals surface area contributed by atoms with Gasteiger partial charge in [-0.2, -0.15) is 0 Å². The molecule has 1 aromatic carbocycles. The second kappa shape index (κ2) is 7.22. The van der Waals surface area contributed by atoms with E-state index in [4.69, 9.17) is 34.8 Å². The molecule has 20 heavy (non-hydrogen) atoms. The minimum absolute atomic E-state index is 0.489. The van der Waals surface area contributed by atoms with Gasteiger partial charge in [-0.1, -0.05) is 48.7 Å². The first kappa shape index (κ1) is 16.2. The van der Waals surface area contributed by atoms with Gasteiger partial charge >= 0.3 is 0 Å². The second-order valence-corrected chi connectivity index (χ2v) is 7.02. The van der Waals surface area contributed by atoms with Crippen molar-refractivity contribution in [2.75, 3.05) is 24.5 Å². The zero-order valence-electron chi connectivity index (χ0n) is 11.9. The lowest BCUT2D eigenvalue weighted by atomic mass is 10.0. The van der Waals surface area contributed by atoms with E-state index in [1.165, 1.54) is 0 Å². The fourth-order valence-corrected chi connectivity index (χ4v) is 3.36. The van der Waals surface area contributed by atoms with Crippen LogP contribution >= 0.6 is 34.8 Å². The van der Waals surface area contributed by atoms with Crippen molar-refractivity contribution in [3.63, 3.8) is 0 Å². The molecule has 0 spiro atoms. The van der Waals surface area contributed by atoms with E-state index in [1.54, 1.807) is 6.07 Å². The molecule has 0 aliphatic carbocycles. The summed E-state index contributed by atoms with van der Waals surface area (Å²) in [6.07, 6.45) is 2.26. The van der Waals surface area contributed by atoms with Crippen LogP contribution in [0.15, 0.2) is 12.1 Å². The fourth-order valence-electron chi connectivity index (χ4n) is 2.70. The summed E-state index contributed by atoms with van der Waals surface area (Å²) < 4.78 is 0. The van der Waals surface area contributed by atoms with E-state index in [9.17, 15) is 0 Å². The van der Waals surface area contributed by atoms with E-state index >= 15 is 0 Å². The predicted molar refractivity (Wildman–Crippen MR) is 89.5 cm³/mol. The van der Waals surface area contributed by atoms with E-state index in [0.29, 0.717) is 27.0 Å². The number of hydrogen-bond donors (Lipinski definition) is 1. The van der Waals surface area contributed by atoms with Gasteiger partial charge in [-0.3, -0.25) is 0 Å². The molecular weight excluding hydrogens is 315 g/mol. The zero-order valence-corrected chi connectivity index (χ0v) is 14.2. The molecule has 1 N–H and O–H groups in total. The third-order valence-electron chi connectivity index (χ3n) is 3.56. The molecule has 0 amide bonds. The number of rotatable bonds is 3. The topological polar surface area (TPSA) is 15.3 Å². The van der Waals surface area contributed by atoms with Gasteiger partial charge < -0.3 is 10.2 Å². The summed E-state index contributed by atoms with van der Waals surface area (Å²) in [6.45, 7) is 7.49. The predicted octanol–water partition coefficient (Wildman–Crippen LogP) is 4.86. The quantitative estimate of drug-likeness (QED) is 0.793. The summed E-state index contributed by atoms with van der Waals surface area (Å²) in [7, 11) is 0. The van der Waals surface area contributed by atoms with Gasteiger partial charge in [0, 0.05) is 19.1 Å². The number of nitrogens with zero attached hydrogens (tertiary/aromatic N) is 1. The summed E-state index contributed by atoms with van der Waals surface area (Å²) in [6, 6.07) is 4.10. The Balaban J connectivity index is 2.19. The molecule has 1 aliphatic heterocycles. The highest BCUT2D eigenvalue weighted by atomic mass is 35.5. The molecule has 1 unspecified atom stereocenters. The lowest BCUT2D eigenvalue weighted by Gasteiger charge is -2.28. The van der Waals surface area contributed by atoms with Crippen molar-refractivity contribution in [2.45, 2.75) is 32.7 Å². The van der Waals surface area contributed by atoms with Crippen molar-refractivity contribution in [3.05, 3.63) is 27.2 Å². The van der Waals surface area contributed by atoms with Crippen molar-refractivity contribution in [3.8, 4) is 0 Å². The number of halogens is 3. The molecule has 0 bridgehead atoms. The third kappa shape index (κ3) is 4.17. The van der Waals surface area contributed by atoms with Crippen LogP contribution in [0.1, 0.15) is 26.7 Å². The summed E-state index contributed by atoms with van der Waals surface area (Å²) in [5, 5.41) is 5.35. The van der Waals surface area contributed by atoms with Crippen molar-refractivity contribution in [2.24, 2.45) is 5.92 Å². The van der Waals surface area contributed by atoms with Crippen LogP contribution in [0.4, 0.5) is 5.69 Å². The molecule has 0 radical (unpaired) electrons. The third-order valence-corrected chi connectivity index (χ3v) is 4.59. The van der Waals surface area contributed by atoms with Crippen molar-refractivity contribution < 1.29 is 0 Å². The van der Waals surface area contributed by atoms with Gasteiger partial charge in [0.1, 0.15) is 0 Å². The van der Waals surface area contributed by atoms with E-state index in [2.05, 4.69) is 24.1 Å². The van der Waals surface area contributed by atoms with Crippen LogP contribution < -0.4 is 10.2 Å². The molecular formula is C15H21Cl3N2. The van der Waals surface area contributed by atoms with Crippen LogP contribution in [-0.2, 0) is 0 Å². The molecule has 112 valence electrons. The SMILES string of the molecule is CC(C)CC1CN(c2cc(Cl)c(Cl)cc2Cl)CCCN1. The minimum atomic E-state index is 0.489. The molecule has 1 aliphatic rings. The summed E-state index contributed by atoms with van der Waals surface area (Å²) in [5.74, 6) is 0.678. The minimum Gasteiger partial charge on any atom is -0.369 e. The van der Waals surface area contributed by atoms with E-state index in [0.717, 1.165) is 38.2 Å². The first-order chi connectivity index (χ1) is 9.47. The first-order valence-electron chi connectivity index (χ1n) is 7.10. The molecule has 1 aromatic rings.